The van der Waals surface area contributed by atoms with Crippen LogP contribution in [0.1, 0.15) is 25.1 Å². The van der Waals surface area contributed by atoms with E-state index < -0.39 is 0 Å². The van der Waals surface area contributed by atoms with E-state index in [9.17, 15) is 0 Å². The molecular weight excluding hydrogens is 208 g/mol. The second kappa shape index (κ2) is 5.28. The van der Waals surface area contributed by atoms with E-state index in [4.69, 9.17) is 0 Å². The zero-order valence-corrected chi connectivity index (χ0v) is 10.8. The number of hydrogen-bond donors (Lipinski definition) is 1. The van der Waals surface area contributed by atoms with Gasteiger partial charge in [-0.2, -0.15) is 0 Å². The van der Waals surface area contributed by atoms with Crippen LogP contribution in [-0.2, 0) is 6.42 Å². The van der Waals surface area contributed by atoms with Crippen molar-refractivity contribution < 1.29 is 0 Å². The maximum Gasteiger partial charge on any atom is 0.0707 e. The molecule has 1 N–H and O–H groups in total. The number of aryl methyl sites for hydroxylation is 1. The Morgan fingerprint density at radius 2 is 2.00 bits per heavy atom. The SMILES string of the molecule is Cc1cc(CCNC(C)C)c2ccccc2n1. The fraction of sp³-hybridized carbons (Fsp3) is 0.400. The van der Waals surface area contributed by atoms with Crippen molar-refractivity contribution in [3.8, 4) is 0 Å². The highest BCUT2D eigenvalue weighted by atomic mass is 14.9. The third-order valence-corrected chi connectivity index (χ3v) is 2.88. The summed E-state index contributed by atoms with van der Waals surface area (Å²) in [6.45, 7) is 7.43. The van der Waals surface area contributed by atoms with Crippen molar-refractivity contribution in [2.45, 2.75) is 33.2 Å². The Morgan fingerprint density at radius 1 is 1.24 bits per heavy atom. The Morgan fingerprint density at radius 3 is 2.76 bits per heavy atom. The molecular formula is C15H20N2. The van der Waals surface area contributed by atoms with Gasteiger partial charge in [-0.15, -0.1) is 0 Å². The summed E-state index contributed by atoms with van der Waals surface area (Å²) in [6, 6.07) is 11.1. The first-order valence-electron chi connectivity index (χ1n) is 6.25. The molecule has 0 spiro atoms. The van der Waals surface area contributed by atoms with Crippen LogP contribution in [-0.4, -0.2) is 17.6 Å². The number of para-hydroxylation sites is 1. The summed E-state index contributed by atoms with van der Waals surface area (Å²) < 4.78 is 0. The van der Waals surface area contributed by atoms with Crippen LogP contribution in [0.25, 0.3) is 10.9 Å². The lowest BCUT2D eigenvalue weighted by molar-refractivity contribution is 0.591. The van der Waals surface area contributed by atoms with E-state index in [2.05, 4.69) is 55.3 Å². The van der Waals surface area contributed by atoms with Gasteiger partial charge in [0.2, 0.25) is 0 Å². The molecule has 90 valence electrons. The largest absolute Gasteiger partial charge is 0.314 e. The highest BCUT2D eigenvalue weighted by Gasteiger charge is 2.03. The molecule has 0 bridgehead atoms. The maximum absolute atomic E-state index is 4.56. The van der Waals surface area contributed by atoms with Crippen LogP contribution >= 0.6 is 0 Å². The van der Waals surface area contributed by atoms with E-state index in [0.29, 0.717) is 6.04 Å². The van der Waals surface area contributed by atoms with Crippen molar-refractivity contribution in [2.75, 3.05) is 6.54 Å². The van der Waals surface area contributed by atoms with E-state index in [1.165, 1.54) is 10.9 Å². The summed E-state index contributed by atoms with van der Waals surface area (Å²) in [5.41, 5.74) is 3.59. The molecule has 17 heavy (non-hydrogen) atoms. The van der Waals surface area contributed by atoms with E-state index >= 15 is 0 Å². The summed E-state index contributed by atoms with van der Waals surface area (Å²) in [5.74, 6) is 0. The molecule has 0 aliphatic carbocycles. The zero-order valence-electron chi connectivity index (χ0n) is 10.8. The number of benzene rings is 1. The number of fused-ring (bicyclic) bond motifs is 1. The van der Waals surface area contributed by atoms with E-state index in [1.54, 1.807) is 0 Å². The van der Waals surface area contributed by atoms with Crippen molar-refractivity contribution in [1.82, 2.24) is 10.3 Å². The number of nitrogens with one attached hydrogen (secondary N) is 1. The quantitative estimate of drug-likeness (QED) is 0.870. The Kier molecular flexibility index (Phi) is 3.75. The standard InChI is InChI=1S/C15H20N2/c1-11(2)16-9-8-13-10-12(3)17-15-7-5-4-6-14(13)15/h4-7,10-11,16H,8-9H2,1-3H3. The Labute approximate surface area is 103 Å². The van der Waals surface area contributed by atoms with Crippen LogP contribution in [0.2, 0.25) is 0 Å². The summed E-state index contributed by atoms with van der Waals surface area (Å²) in [4.78, 5) is 4.56. The van der Waals surface area contributed by atoms with Gasteiger partial charge in [-0.05, 0) is 37.6 Å². The van der Waals surface area contributed by atoms with Crippen LogP contribution in [0.3, 0.4) is 0 Å². The maximum atomic E-state index is 4.56. The predicted octanol–water partition coefficient (Wildman–Crippen LogP) is 3.08. The predicted molar refractivity (Wildman–Crippen MR) is 73.3 cm³/mol. The van der Waals surface area contributed by atoms with Crippen molar-refractivity contribution in [1.29, 1.82) is 0 Å². The molecule has 1 heterocycles. The van der Waals surface area contributed by atoms with Gasteiger partial charge in [-0.1, -0.05) is 32.0 Å². The van der Waals surface area contributed by atoms with Crippen molar-refractivity contribution in [3.05, 3.63) is 41.6 Å². The molecule has 2 nitrogen and oxygen atoms in total. The zero-order chi connectivity index (χ0) is 12.3. The summed E-state index contributed by atoms with van der Waals surface area (Å²) in [6.07, 6.45) is 1.06. The molecule has 2 aromatic rings. The molecule has 0 aliphatic heterocycles. The normalized spacial score (nSPS) is 11.3. The molecule has 0 saturated heterocycles. The molecule has 1 aromatic heterocycles. The van der Waals surface area contributed by atoms with E-state index in [1.807, 2.05) is 6.07 Å². The minimum Gasteiger partial charge on any atom is -0.314 e. The van der Waals surface area contributed by atoms with Gasteiger partial charge < -0.3 is 5.32 Å². The molecule has 2 rings (SSSR count). The highest BCUT2D eigenvalue weighted by molar-refractivity contribution is 5.82. The molecule has 0 radical (unpaired) electrons. The third-order valence-electron chi connectivity index (χ3n) is 2.88. The summed E-state index contributed by atoms with van der Waals surface area (Å²) >= 11 is 0. The van der Waals surface area contributed by atoms with Crippen LogP contribution in [0, 0.1) is 6.92 Å². The molecule has 0 atom stereocenters. The number of pyridine rings is 1. The van der Waals surface area contributed by atoms with Crippen molar-refractivity contribution >= 4 is 10.9 Å². The Hall–Kier alpha value is -1.41. The molecule has 0 aliphatic rings. The van der Waals surface area contributed by atoms with Crippen LogP contribution < -0.4 is 5.32 Å². The summed E-state index contributed by atoms with van der Waals surface area (Å²) in [7, 11) is 0. The smallest absolute Gasteiger partial charge is 0.0707 e. The number of aromatic nitrogens is 1. The first kappa shape index (κ1) is 12.1. The lowest BCUT2D eigenvalue weighted by atomic mass is 10.0. The molecule has 1 aromatic carbocycles. The van der Waals surface area contributed by atoms with Gasteiger partial charge in [0, 0.05) is 17.1 Å². The van der Waals surface area contributed by atoms with Crippen LogP contribution in [0.5, 0.6) is 0 Å². The summed E-state index contributed by atoms with van der Waals surface area (Å²) in [5, 5.41) is 4.74. The highest BCUT2D eigenvalue weighted by Crippen LogP contribution is 2.18. The molecule has 0 amide bonds. The lowest BCUT2D eigenvalue weighted by Gasteiger charge is -2.10. The molecule has 2 heteroatoms. The average molecular weight is 228 g/mol. The fourth-order valence-electron chi connectivity index (χ4n) is 2.10. The number of nitrogens with zero attached hydrogens (tertiary/aromatic N) is 1. The van der Waals surface area contributed by atoms with Crippen LogP contribution in [0.15, 0.2) is 30.3 Å². The fourth-order valence-corrected chi connectivity index (χ4v) is 2.10. The monoisotopic (exact) mass is 228 g/mol. The topological polar surface area (TPSA) is 24.9 Å². The number of rotatable bonds is 4. The average Bonchev–Trinajstić information content (AvgIpc) is 2.28. The third kappa shape index (κ3) is 3.04. The van der Waals surface area contributed by atoms with Gasteiger partial charge in [-0.25, -0.2) is 0 Å². The van der Waals surface area contributed by atoms with Crippen LogP contribution in [0.4, 0.5) is 0 Å². The minimum absolute atomic E-state index is 0.546. The second-order valence-electron chi connectivity index (χ2n) is 4.80. The van der Waals surface area contributed by atoms with E-state index in [0.717, 1.165) is 24.2 Å². The molecule has 0 unspecified atom stereocenters. The number of hydrogen-bond acceptors (Lipinski definition) is 2. The van der Waals surface area contributed by atoms with Crippen molar-refractivity contribution in [2.24, 2.45) is 0 Å². The van der Waals surface area contributed by atoms with Crippen molar-refractivity contribution in [3.63, 3.8) is 0 Å². The first-order chi connectivity index (χ1) is 8.16. The van der Waals surface area contributed by atoms with Gasteiger partial charge in [0.25, 0.3) is 0 Å². The van der Waals surface area contributed by atoms with Gasteiger partial charge in [0.1, 0.15) is 0 Å². The first-order valence-corrected chi connectivity index (χ1v) is 6.25. The molecule has 0 saturated carbocycles. The minimum atomic E-state index is 0.546. The Balaban J connectivity index is 2.26. The lowest BCUT2D eigenvalue weighted by Crippen LogP contribution is -2.25. The van der Waals surface area contributed by atoms with Gasteiger partial charge in [0.15, 0.2) is 0 Å². The van der Waals surface area contributed by atoms with E-state index in [-0.39, 0.29) is 0 Å². The molecule has 0 fully saturated rings. The Bertz CT molecular complexity index is 503. The van der Waals surface area contributed by atoms with Gasteiger partial charge >= 0.3 is 0 Å². The van der Waals surface area contributed by atoms with Gasteiger partial charge in [0.05, 0.1) is 5.52 Å². The second-order valence-corrected chi connectivity index (χ2v) is 4.80. The van der Waals surface area contributed by atoms with Gasteiger partial charge in [-0.3, -0.25) is 4.98 Å².